The third-order valence-corrected chi connectivity index (χ3v) is 3.11. The Labute approximate surface area is 118 Å². The average Bonchev–Trinajstić information content (AvgIpc) is 2.48. The van der Waals surface area contributed by atoms with Crippen molar-refractivity contribution in [3.8, 4) is 11.5 Å². The van der Waals surface area contributed by atoms with E-state index < -0.39 is 0 Å². The van der Waals surface area contributed by atoms with Crippen LogP contribution in [0.4, 0.5) is 4.39 Å². The summed E-state index contributed by atoms with van der Waals surface area (Å²) in [6.45, 7) is 2.04. The molecule has 0 aliphatic heterocycles. The number of methoxy groups -OCH3 is 1. The fourth-order valence-electron chi connectivity index (χ4n) is 1.93. The highest BCUT2D eigenvalue weighted by atomic mass is 19.1. The molecule has 0 radical (unpaired) electrons. The zero-order valence-corrected chi connectivity index (χ0v) is 11.6. The second-order valence-corrected chi connectivity index (χ2v) is 4.53. The Bertz CT molecular complexity index is 569. The quantitative estimate of drug-likeness (QED) is 0.911. The molecule has 0 aliphatic carbocycles. The highest BCUT2D eigenvalue weighted by molar-refractivity contribution is 5.32. The first kappa shape index (κ1) is 14.3. The van der Waals surface area contributed by atoms with Crippen molar-refractivity contribution in [3.63, 3.8) is 0 Å². The molecular weight excluding hydrogens is 257 g/mol. The summed E-state index contributed by atoms with van der Waals surface area (Å²) in [6.07, 6.45) is -0.272. The predicted molar refractivity (Wildman–Crippen MR) is 76.6 cm³/mol. The van der Waals surface area contributed by atoms with Crippen LogP contribution >= 0.6 is 0 Å². The van der Waals surface area contributed by atoms with Crippen LogP contribution < -0.4 is 15.2 Å². The zero-order chi connectivity index (χ0) is 14.5. The van der Waals surface area contributed by atoms with E-state index in [4.69, 9.17) is 15.2 Å². The molecule has 0 aliphatic rings. The number of hydrogen-bond acceptors (Lipinski definition) is 3. The first-order valence-corrected chi connectivity index (χ1v) is 6.41. The standard InChI is InChI=1S/C16H18FNO2/c1-11-9-14(7-8-15(11)17)20-16(10-18)12-3-5-13(19-2)6-4-12/h3-9,16H,10,18H2,1-2H3. The normalized spacial score (nSPS) is 12.0. The maximum absolute atomic E-state index is 13.2. The molecule has 1 unspecified atom stereocenters. The van der Waals surface area contributed by atoms with Crippen molar-refractivity contribution in [3.05, 3.63) is 59.4 Å². The molecule has 4 heteroatoms. The van der Waals surface area contributed by atoms with E-state index in [1.807, 2.05) is 24.3 Å². The third-order valence-electron chi connectivity index (χ3n) is 3.11. The van der Waals surface area contributed by atoms with Crippen LogP contribution in [0.25, 0.3) is 0 Å². The minimum atomic E-state index is -0.272. The molecule has 0 fully saturated rings. The summed E-state index contributed by atoms with van der Waals surface area (Å²) in [5.74, 6) is 1.14. The molecule has 20 heavy (non-hydrogen) atoms. The molecule has 0 amide bonds. The largest absolute Gasteiger partial charge is 0.497 e. The van der Waals surface area contributed by atoms with E-state index in [-0.39, 0.29) is 11.9 Å². The van der Waals surface area contributed by atoms with E-state index in [0.29, 0.717) is 17.9 Å². The second kappa shape index (κ2) is 6.39. The van der Waals surface area contributed by atoms with Crippen molar-refractivity contribution in [1.82, 2.24) is 0 Å². The van der Waals surface area contributed by atoms with Crippen LogP contribution in [-0.4, -0.2) is 13.7 Å². The summed E-state index contributed by atoms with van der Waals surface area (Å²) in [5.41, 5.74) is 7.26. The molecule has 2 aromatic rings. The lowest BCUT2D eigenvalue weighted by Gasteiger charge is -2.18. The number of aryl methyl sites for hydroxylation is 1. The fraction of sp³-hybridized carbons (Fsp3) is 0.250. The van der Waals surface area contributed by atoms with Gasteiger partial charge in [0.2, 0.25) is 0 Å². The maximum atomic E-state index is 13.2. The lowest BCUT2D eigenvalue weighted by atomic mass is 10.1. The first-order chi connectivity index (χ1) is 9.63. The minimum Gasteiger partial charge on any atom is -0.497 e. The highest BCUT2D eigenvalue weighted by Crippen LogP contribution is 2.24. The van der Waals surface area contributed by atoms with Gasteiger partial charge in [-0.2, -0.15) is 0 Å². The van der Waals surface area contributed by atoms with Crippen LogP contribution in [0, 0.1) is 12.7 Å². The van der Waals surface area contributed by atoms with Crippen LogP contribution in [0.15, 0.2) is 42.5 Å². The summed E-state index contributed by atoms with van der Waals surface area (Å²) < 4.78 is 24.2. The van der Waals surface area contributed by atoms with E-state index in [1.54, 1.807) is 26.2 Å². The number of rotatable bonds is 5. The second-order valence-electron chi connectivity index (χ2n) is 4.53. The summed E-state index contributed by atoms with van der Waals surface area (Å²) in [4.78, 5) is 0. The van der Waals surface area contributed by atoms with E-state index in [9.17, 15) is 4.39 Å². The number of halogens is 1. The average molecular weight is 275 g/mol. The van der Waals surface area contributed by atoms with Crippen molar-refractivity contribution in [2.45, 2.75) is 13.0 Å². The van der Waals surface area contributed by atoms with Crippen LogP contribution in [-0.2, 0) is 0 Å². The Balaban J connectivity index is 2.16. The van der Waals surface area contributed by atoms with E-state index >= 15 is 0 Å². The molecule has 0 saturated heterocycles. The molecule has 0 aromatic heterocycles. The predicted octanol–water partition coefficient (Wildman–Crippen LogP) is 3.22. The van der Waals surface area contributed by atoms with Gasteiger partial charge in [-0.25, -0.2) is 4.39 Å². The van der Waals surface area contributed by atoms with Crippen molar-refractivity contribution >= 4 is 0 Å². The molecule has 0 spiro atoms. The summed E-state index contributed by atoms with van der Waals surface area (Å²) in [7, 11) is 1.62. The molecule has 2 N–H and O–H groups in total. The molecular formula is C16H18FNO2. The van der Waals surface area contributed by atoms with Crippen molar-refractivity contribution < 1.29 is 13.9 Å². The van der Waals surface area contributed by atoms with Crippen molar-refractivity contribution in [2.75, 3.05) is 13.7 Å². The van der Waals surface area contributed by atoms with E-state index in [0.717, 1.165) is 11.3 Å². The molecule has 2 aromatic carbocycles. The van der Waals surface area contributed by atoms with Crippen molar-refractivity contribution in [2.24, 2.45) is 5.73 Å². The number of benzene rings is 2. The Kier molecular flexibility index (Phi) is 4.58. The van der Waals surface area contributed by atoms with Gasteiger partial charge in [-0.1, -0.05) is 12.1 Å². The fourth-order valence-corrected chi connectivity index (χ4v) is 1.93. The van der Waals surface area contributed by atoms with Gasteiger partial charge in [-0.05, 0) is 48.4 Å². The van der Waals surface area contributed by atoms with E-state index in [1.165, 1.54) is 6.07 Å². The lowest BCUT2D eigenvalue weighted by molar-refractivity contribution is 0.213. The molecule has 0 heterocycles. The third kappa shape index (κ3) is 3.27. The Hall–Kier alpha value is -2.07. The monoisotopic (exact) mass is 275 g/mol. The number of hydrogen-bond donors (Lipinski definition) is 1. The summed E-state index contributed by atoms with van der Waals surface area (Å²) in [5, 5.41) is 0. The molecule has 0 saturated carbocycles. The SMILES string of the molecule is COc1ccc(C(CN)Oc2ccc(F)c(C)c2)cc1. The molecule has 3 nitrogen and oxygen atoms in total. The van der Waals surface area contributed by atoms with Gasteiger partial charge in [0.25, 0.3) is 0 Å². The van der Waals surface area contributed by atoms with Gasteiger partial charge >= 0.3 is 0 Å². The topological polar surface area (TPSA) is 44.5 Å². The maximum Gasteiger partial charge on any atom is 0.136 e. The Morgan fingerprint density at radius 2 is 1.75 bits per heavy atom. The lowest BCUT2D eigenvalue weighted by Crippen LogP contribution is -2.18. The smallest absolute Gasteiger partial charge is 0.136 e. The number of ether oxygens (including phenoxy) is 2. The first-order valence-electron chi connectivity index (χ1n) is 6.41. The van der Waals surface area contributed by atoms with Gasteiger partial charge in [0, 0.05) is 6.54 Å². The zero-order valence-electron chi connectivity index (χ0n) is 11.6. The number of nitrogens with two attached hydrogens (primary N) is 1. The van der Waals surface area contributed by atoms with Gasteiger partial charge in [0.1, 0.15) is 23.4 Å². The molecule has 2 rings (SSSR count). The van der Waals surface area contributed by atoms with Gasteiger partial charge in [0.05, 0.1) is 7.11 Å². The molecule has 0 bridgehead atoms. The minimum absolute atomic E-state index is 0.244. The van der Waals surface area contributed by atoms with Crippen LogP contribution in [0.2, 0.25) is 0 Å². The van der Waals surface area contributed by atoms with Crippen molar-refractivity contribution in [1.29, 1.82) is 0 Å². The Morgan fingerprint density at radius 1 is 1.10 bits per heavy atom. The summed E-state index contributed by atoms with van der Waals surface area (Å²) in [6, 6.07) is 12.2. The molecule has 1 atom stereocenters. The Morgan fingerprint density at radius 3 is 2.30 bits per heavy atom. The van der Waals surface area contributed by atoms with Gasteiger partial charge in [-0.15, -0.1) is 0 Å². The van der Waals surface area contributed by atoms with Crippen LogP contribution in [0.5, 0.6) is 11.5 Å². The summed E-state index contributed by atoms with van der Waals surface area (Å²) >= 11 is 0. The van der Waals surface area contributed by atoms with Crippen LogP contribution in [0.3, 0.4) is 0 Å². The van der Waals surface area contributed by atoms with Gasteiger partial charge in [-0.3, -0.25) is 0 Å². The van der Waals surface area contributed by atoms with Gasteiger partial charge < -0.3 is 15.2 Å². The van der Waals surface area contributed by atoms with E-state index in [2.05, 4.69) is 0 Å². The van der Waals surface area contributed by atoms with Crippen LogP contribution in [0.1, 0.15) is 17.2 Å². The molecule has 106 valence electrons. The van der Waals surface area contributed by atoms with Gasteiger partial charge in [0.15, 0.2) is 0 Å². The highest BCUT2D eigenvalue weighted by Gasteiger charge is 2.12.